The number of nitrogens with zero attached hydrogens (tertiary/aromatic N) is 1. The van der Waals surface area contributed by atoms with Gasteiger partial charge in [-0.3, -0.25) is 4.99 Å². The molecule has 0 spiro atoms. The standard InChI is InChI=1S/C19H25N3O2.HI/c1-14(15-9-6-5-7-10-15)22-19(20-2)21-13-16-11-8-12-17(23-3)18(16)24-4;/h5-12,14H,13H2,1-4H3,(H2,20,21,22);1H. The zero-order valence-electron chi connectivity index (χ0n) is 15.1. The van der Waals surface area contributed by atoms with Gasteiger partial charge in [0.1, 0.15) is 0 Å². The van der Waals surface area contributed by atoms with E-state index in [1.54, 1.807) is 21.3 Å². The first kappa shape index (κ1) is 21.1. The van der Waals surface area contributed by atoms with Crippen LogP contribution < -0.4 is 20.1 Å². The van der Waals surface area contributed by atoms with Crippen LogP contribution in [-0.2, 0) is 6.54 Å². The minimum absolute atomic E-state index is 0. The summed E-state index contributed by atoms with van der Waals surface area (Å²) < 4.78 is 10.8. The number of guanidine groups is 1. The van der Waals surface area contributed by atoms with E-state index in [-0.39, 0.29) is 30.0 Å². The third-order valence-corrected chi connectivity index (χ3v) is 3.81. The first-order chi connectivity index (χ1) is 11.7. The maximum Gasteiger partial charge on any atom is 0.191 e. The summed E-state index contributed by atoms with van der Waals surface area (Å²) in [5.74, 6) is 2.19. The number of para-hydroxylation sites is 1. The molecule has 0 aromatic heterocycles. The zero-order valence-corrected chi connectivity index (χ0v) is 17.4. The zero-order chi connectivity index (χ0) is 17.4. The third kappa shape index (κ3) is 5.81. The highest BCUT2D eigenvalue weighted by molar-refractivity contribution is 14.0. The smallest absolute Gasteiger partial charge is 0.191 e. The van der Waals surface area contributed by atoms with Crippen LogP contribution in [0.2, 0.25) is 0 Å². The van der Waals surface area contributed by atoms with Crippen molar-refractivity contribution < 1.29 is 9.47 Å². The Balaban J connectivity index is 0.00000312. The summed E-state index contributed by atoms with van der Waals surface area (Å²) in [6.07, 6.45) is 0. The molecule has 0 aliphatic heterocycles. The molecule has 0 radical (unpaired) electrons. The van der Waals surface area contributed by atoms with Gasteiger partial charge in [0.2, 0.25) is 0 Å². The highest BCUT2D eigenvalue weighted by atomic mass is 127. The van der Waals surface area contributed by atoms with E-state index >= 15 is 0 Å². The van der Waals surface area contributed by atoms with Crippen molar-refractivity contribution >= 4 is 29.9 Å². The molecule has 0 aliphatic carbocycles. The quantitative estimate of drug-likeness (QED) is 0.396. The number of halogens is 1. The Kier molecular flexibility index (Phi) is 9.12. The van der Waals surface area contributed by atoms with E-state index in [9.17, 15) is 0 Å². The molecule has 136 valence electrons. The molecule has 2 aromatic carbocycles. The molecule has 2 rings (SSSR count). The molecule has 0 heterocycles. The van der Waals surface area contributed by atoms with Gasteiger partial charge in [-0.15, -0.1) is 24.0 Å². The molecular formula is C19H26IN3O2. The van der Waals surface area contributed by atoms with E-state index < -0.39 is 0 Å². The molecule has 2 N–H and O–H groups in total. The topological polar surface area (TPSA) is 54.9 Å². The lowest BCUT2D eigenvalue weighted by Crippen LogP contribution is -2.38. The Hall–Kier alpha value is -1.96. The Labute approximate surface area is 166 Å². The molecule has 0 saturated carbocycles. The second kappa shape index (κ2) is 10.8. The Morgan fingerprint density at radius 1 is 1.04 bits per heavy atom. The van der Waals surface area contributed by atoms with Gasteiger partial charge < -0.3 is 20.1 Å². The summed E-state index contributed by atoms with van der Waals surface area (Å²) in [6.45, 7) is 2.69. The first-order valence-electron chi connectivity index (χ1n) is 7.91. The molecule has 1 atom stereocenters. The van der Waals surface area contributed by atoms with Gasteiger partial charge in [-0.05, 0) is 18.6 Å². The number of benzene rings is 2. The van der Waals surface area contributed by atoms with E-state index in [4.69, 9.17) is 9.47 Å². The molecule has 1 unspecified atom stereocenters. The van der Waals surface area contributed by atoms with Gasteiger partial charge >= 0.3 is 0 Å². The van der Waals surface area contributed by atoms with Gasteiger partial charge in [0.25, 0.3) is 0 Å². The number of aliphatic imine (C=N–C) groups is 1. The number of methoxy groups -OCH3 is 2. The summed E-state index contributed by atoms with van der Waals surface area (Å²) in [4.78, 5) is 4.29. The van der Waals surface area contributed by atoms with Crippen molar-refractivity contribution in [3.05, 3.63) is 59.7 Å². The number of rotatable bonds is 6. The van der Waals surface area contributed by atoms with Gasteiger partial charge in [-0.25, -0.2) is 0 Å². The van der Waals surface area contributed by atoms with E-state index in [1.165, 1.54) is 5.56 Å². The molecule has 0 fully saturated rings. The number of nitrogens with one attached hydrogen (secondary N) is 2. The van der Waals surface area contributed by atoms with Gasteiger partial charge in [-0.2, -0.15) is 0 Å². The van der Waals surface area contributed by atoms with Crippen LogP contribution in [0.4, 0.5) is 0 Å². The second-order valence-electron chi connectivity index (χ2n) is 5.36. The fraction of sp³-hybridized carbons (Fsp3) is 0.316. The average Bonchev–Trinajstić information content (AvgIpc) is 2.65. The van der Waals surface area contributed by atoms with Gasteiger partial charge in [0.05, 0.1) is 20.3 Å². The van der Waals surface area contributed by atoms with Crippen LogP contribution >= 0.6 is 24.0 Å². The fourth-order valence-electron chi connectivity index (χ4n) is 2.50. The maximum atomic E-state index is 5.46. The lowest BCUT2D eigenvalue weighted by atomic mass is 10.1. The van der Waals surface area contributed by atoms with Crippen molar-refractivity contribution in [2.45, 2.75) is 19.5 Å². The second-order valence-corrected chi connectivity index (χ2v) is 5.36. The van der Waals surface area contributed by atoms with E-state index in [1.807, 2.05) is 36.4 Å². The molecule has 2 aromatic rings. The Morgan fingerprint density at radius 2 is 1.76 bits per heavy atom. The fourth-order valence-corrected chi connectivity index (χ4v) is 2.50. The Bertz CT molecular complexity index is 678. The SMILES string of the molecule is CN=C(NCc1cccc(OC)c1OC)NC(C)c1ccccc1.I. The highest BCUT2D eigenvalue weighted by Crippen LogP contribution is 2.30. The van der Waals surface area contributed by atoms with Crippen molar-refractivity contribution in [3.63, 3.8) is 0 Å². The molecule has 0 saturated heterocycles. The van der Waals surface area contributed by atoms with Crippen LogP contribution in [0.15, 0.2) is 53.5 Å². The van der Waals surface area contributed by atoms with Gasteiger partial charge in [0, 0.05) is 19.2 Å². The molecule has 0 amide bonds. The van der Waals surface area contributed by atoms with Crippen LogP contribution in [0.5, 0.6) is 11.5 Å². The summed E-state index contributed by atoms with van der Waals surface area (Å²) in [7, 11) is 5.04. The van der Waals surface area contributed by atoms with Crippen molar-refractivity contribution in [1.29, 1.82) is 0 Å². The summed E-state index contributed by atoms with van der Waals surface area (Å²) in [5, 5.41) is 6.70. The summed E-state index contributed by atoms with van der Waals surface area (Å²) in [5.41, 5.74) is 2.21. The van der Waals surface area contributed by atoms with Crippen LogP contribution in [-0.4, -0.2) is 27.2 Å². The molecule has 0 aliphatic rings. The molecule has 25 heavy (non-hydrogen) atoms. The number of hydrogen-bond donors (Lipinski definition) is 2. The number of hydrogen-bond acceptors (Lipinski definition) is 3. The van der Waals surface area contributed by atoms with Gasteiger partial charge in [-0.1, -0.05) is 42.5 Å². The molecular weight excluding hydrogens is 429 g/mol. The van der Waals surface area contributed by atoms with Crippen molar-refractivity contribution in [2.75, 3.05) is 21.3 Å². The van der Waals surface area contributed by atoms with Crippen molar-refractivity contribution in [2.24, 2.45) is 4.99 Å². The van der Waals surface area contributed by atoms with Crippen LogP contribution in [0.3, 0.4) is 0 Å². The van der Waals surface area contributed by atoms with Gasteiger partial charge in [0.15, 0.2) is 17.5 Å². The predicted molar refractivity (Wildman–Crippen MR) is 113 cm³/mol. The Morgan fingerprint density at radius 3 is 2.36 bits per heavy atom. The third-order valence-electron chi connectivity index (χ3n) is 3.81. The highest BCUT2D eigenvalue weighted by Gasteiger charge is 2.11. The maximum absolute atomic E-state index is 5.46. The monoisotopic (exact) mass is 455 g/mol. The van der Waals surface area contributed by atoms with Crippen molar-refractivity contribution in [1.82, 2.24) is 10.6 Å². The van der Waals surface area contributed by atoms with Crippen LogP contribution in [0.1, 0.15) is 24.1 Å². The molecule has 6 heteroatoms. The summed E-state index contributed by atoms with van der Waals surface area (Å²) >= 11 is 0. The number of ether oxygens (including phenoxy) is 2. The average molecular weight is 455 g/mol. The normalized spacial score (nSPS) is 11.9. The predicted octanol–water partition coefficient (Wildman–Crippen LogP) is 3.75. The minimum Gasteiger partial charge on any atom is -0.493 e. The molecule has 5 nitrogen and oxygen atoms in total. The van der Waals surface area contributed by atoms with Crippen molar-refractivity contribution in [3.8, 4) is 11.5 Å². The summed E-state index contributed by atoms with van der Waals surface area (Å²) in [6, 6.07) is 16.3. The van der Waals surface area contributed by atoms with E-state index in [0.717, 1.165) is 23.0 Å². The molecule has 0 bridgehead atoms. The van der Waals surface area contributed by atoms with Crippen LogP contribution in [0.25, 0.3) is 0 Å². The van der Waals surface area contributed by atoms with E-state index in [2.05, 4.69) is 34.7 Å². The van der Waals surface area contributed by atoms with E-state index in [0.29, 0.717) is 6.54 Å². The largest absolute Gasteiger partial charge is 0.493 e. The lowest BCUT2D eigenvalue weighted by Gasteiger charge is -2.19. The van der Waals surface area contributed by atoms with Crippen LogP contribution in [0, 0.1) is 0 Å². The first-order valence-corrected chi connectivity index (χ1v) is 7.91. The minimum atomic E-state index is 0. The lowest BCUT2D eigenvalue weighted by molar-refractivity contribution is 0.351.